The van der Waals surface area contributed by atoms with Crippen molar-refractivity contribution >= 4 is 47.2 Å². The fraction of sp³-hybridized carbons (Fsp3) is 0.524. The molecule has 0 saturated heterocycles. The lowest BCUT2D eigenvalue weighted by atomic mass is 9.84. The number of thiazole rings is 1. The number of nitrogens with zero attached hydrogens (tertiary/aromatic N) is 2. The van der Waals surface area contributed by atoms with Crippen LogP contribution >= 0.6 is 36.2 Å². The average molecular weight is 455 g/mol. The monoisotopic (exact) mass is 454 g/mol. The zero-order valence-electron chi connectivity index (χ0n) is 16.3. The minimum atomic E-state index is -0.0285. The van der Waals surface area contributed by atoms with E-state index in [1.807, 2.05) is 0 Å². The van der Waals surface area contributed by atoms with Crippen LogP contribution in [0.15, 0.2) is 30.3 Å². The highest BCUT2D eigenvalue weighted by molar-refractivity contribution is 7.15. The molecule has 8 heteroatoms. The third kappa shape index (κ3) is 4.47. The van der Waals surface area contributed by atoms with E-state index in [0.29, 0.717) is 11.8 Å². The number of nitrogens with one attached hydrogen (secondary N) is 1. The number of carbonyl (C=O) groups is 1. The number of anilines is 1. The molecule has 0 spiro atoms. The number of amides is 1. The van der Waals surface area contributed by atoms with Crippen molar-refractivity contribution in [2.24, 2.45) is 23.5 Å². The summed E-state index contributed by atoms with van der Waals surface area (Å²) in [6.07, 6.45) is 4.42. The summed E-state index contributed by atoms with van der Waals surface area (Å²) in [5, 5.41) is 3.84. The zero-order chi connectivity index (χ0) is 18.4. The van der Waals surface area contributed by atoms with Crippen LogP contribution < -0.4 is 11.1 Å². The number of nitrogens with two attached hydrogens (primary N) is 1. The molecule has 5 nitrogen and oxygen atoms in total. The van der Waals surface area contributed by atoms with Crippen molar-refractivity contribution in [3.8, 4) is 0 Å². The summed E-state index contributed by atoms with van der Waals surface area (Å²) in [6.45, 7) is 2.88. The molecule has 3 N–H and O–H groups in total. The fourth-order valence-corrected chi connectivity index (χ4v) is 6.25. The second kappa shape index (κ2) is 9.31. The first-order valence-electron chi connectivity index (χ1n) is 9.98. The minimum absolute atomic E-state index is 0. The van der Waals surface area contributed by atoms with Crippen LogP contribution in [0.3, 0.4) is 0 Å². The Morgan fingerprint density at radius 1 is 1.21 bits per heavy atom. The molecule has 1 amide bonds. The van der Waals surface area contributed by atoms with Crippen molar-refractivity contribution < 1.29 is 4.79 Å². The van der Waals surface area contributed by atoms with Gasteiger partial charge in [-0.25, -0.2) is 4.98 Å². The van der Waals surface area contributed by atoms with E-state index in [4.69, 9.17) is 10.7 Å². The van der Waals surface area contributed by atoms with Crippen LogP contribution in [-0.2, 0) is 24.3 Å². The Hall–Kier alpha value is -1.18. The quantitative estimate of drug-likeness (QED) is 0.735. The number of hydrogen-bond donors (Lipinski definition) is 2. The Kier molecular flexibility index (Phi) is 7.23. The Balaban J connectivity index is 0.00000120. The highest BCUT2D eigenvalue weighted by atomic mass is 35.5. The van der Waals surface area contributed by atoms with Crippen molar-refractivity contribution in [3.63, 3.8) is 0 Å². The van der Waals surface area contributed by atoms with Gasteiger partial charge in [-0.15, -0.1) is 36.2 Å². The number of aromatic nitrogens is 1. The number of carbonyl (C=O) groups excluding carboxylic acids is 1. The third-order valence-electron chi connectivity index (χ3n) is 6.57. The molecule has 2 aliphatic carbocycles. The predicted molar refractivity (Wildman–Crippen MR) is 122 cm³/mol. The molecule has 5 rings (SSSR count). The molecule has 4 atom stereocenters. The summed E-state index contributed by atoms with van der Waals surface area (Å²) in [4.78, 5) is 21.2. The van der Waals surface area contributed by atoms with Crippen molar-refractivity contribution in [1.82, 2.24) is 9.88 Å². The van der Waals surface area contributed by atoms with Gasteiger partial charge in [0.2, 0.25) is 5.91 Å². The molecular weight excluding hydrogens is 427 g/mol. The van der Waals surface area contributed by atoms with Crippen LogP contribution in [0.1, 0.15) is 35.4 Å². The highest BCUT2D eigenvalue weighted by Crippen LogP contribution is 2.48. The van der Waals surface area contributed by atoms with Gasteiger partial charge in [0.1, 0.15) is 0 Å². The van der Waals surface area contributed by atoms with Crippen LogP contribution in [0.2, 0.25) is 0 Å². The molecule has 2 saturated carbocycles. The molecule has 158 valence electrons. The lowest BCUT2D eigenvalue weighted by molar-refractivity contribution is -0.121. The second-order valence-corrected chi connectivity index (χ2v) is 9.34. The summed E-state index contributed by atoms with van der Waals surface area (Å²) in [5.74, 6) is 1.07. The van der Waals surface area contributed by atoms with Gasteiger partial charge in [-0.1, -0.05) is 30.3 Å². The van der Waals surface area contributed by atoms with Crippen LogP contribution in [-0.4, -0.2) is 28.4 Å². The van der Waals surface area contributed by atoms with Crippen molar-refractivity contribution in [2.45, 2.75) is 44.8 Å². The molecule has 1 aliphatic heterocycles. The predicted octanol–water partition coefficient (Wildman–Crippen LogP) is 3.86. The van der Waals surface area contributed by atoms with Crippen LogP contribution in [0.25, 0.3) is 0 Å². The molecule has 2 aromatic rings. The van der Waals surface area contributed by atoms with Gasteiger partial charge in [0.15, 0.2) is 5.13 Å². The molecule has 2 bridgehead atoms. The summed E-state index contributed by atoms with van der Waals surface area (Å²) in [6, 6.07) is 10.6. The number of hydrogen-bond acceptors (Lipinski definition) is 5. The van der Waals surface area contributed by atoms with Crippen molar-refractivity contribution in [2.75, 3.05) is 11.9 Å². The van der Waals surface area contributed by atoms with Crippen LogP contribution in [0.4, 0.5) is 5.13 Å². The first-order valence-corrected chi connectivity index (χ1v) is 10.8. The van der Waals surface area contributed by atoms with Crippen LogP contribution in [0.5, 0.6) is 0 Å². The molecule has 1 aromatic carbocycles. The highest BCUT2D eigenvalue weighted by Gasteiger charge is 2.49. The topological polar surface area (TPSA) is 71.2 Å². The fourth-order valence-electron chi connectivity index (χ4n) is 5.19. The number of rotatable bonds is 4. The number of benzene rings is 1. The van der Waals surface area contributed by atoms with E-state index in [1.54, 1.807) is 11.3 Å². The van der Waals surface area contributed by atoms with Gasteiger partial charge in [-0.05, 0) is 36.7 Å². The lowest BCUT2D eigenvalue weighted by Gasteiger charge is -2.26. The average Bonchev–Trinajstić information content (AvgIpc) is 3.36. The lowest BCUT2D eigenvalue weighted by Crippen LogP contribution is -2.42. The van der Waals surface area contributed by atoms with E-state index in [9.17, 15) is 4.79 Å². The molecule has 0 radical (unpaired) electrons. The van der Waals surface area contributed by atoms with E-state index in [-0.39, 0.29) is 42.7 Å². The number of fused-ring (bicyclic) bond motifs is 3. The van der Waals surface area contributed by atoms with E-state index in [1.165, 1.54) is 16.9 Å². The van der Waals surface area contributed by atoms with Gasteiger partial charge in [-0.3, -0.25) is 9.69 Å². The minimum Gasteiger partial charge on any atom is -0.327 e. The molecule has 2 heterocycles. The van der Waals surface area contributed by atoms with Crippen molar-refractivity contribution in [1.29, 1.82) is 0 Å². The summed E-state index contributed by atoms with van der Waals surface area (Å²) < 4.78 is 0. The van der Waals surface area contributed by atoms with E-state index in [2.05, 4.69) is 40.5 Å². The van der Waals surface area contributed by atoms with Gasteiger partial charge in [0.05, 0.1) is 11.6 Å². The smallest absolute Gasteiger partial charge is 0.231 e. The van der Waals surface area contributed by atoms with Gasteiger partial charge in [0, 0.05) is 37.0 Å². The van der Waals surface area contributed by atoms with Crippen molar-refractivity contribution in [3.05, 3.63) is 46.5 Å². The molecule has 29 heavy (non-hydrogen) atoms. The summed E-state index contributed by atoms with van der Waals surface area (Å²) in [5.41, 5.74) is 8.81. The molecule has 4 unspecified atom stereocenters. The Bertz CT molecular complexity index is 844. The van der Waals surface area contributed by atoms with Gasteiger partial charge < -0.3 is 11.1 Å². The Morgan fingerprint density at radius 3 is 2.69 bits per heavy atom. The maximum atomic E-state index is 12.8. The Labute approximate surface area is 188 Å². The second-order valence-electron chi connectivity index (χ2n) is 8.26. The maximum absolute atomic E-state index is 12.8. The molecule has 3 aliphatic rings. The first-order chi connectivity index (χ1) is 13.2. The largest absolute Gasteiger partial charge is 0.327 e. The Morgan fingerprint density at radius 2 is 1.97 bits per heavy atom. The van der Waals surface area contributed by atoms with E-state index >= 15 is 0 Å². The van der Waals surface area contributed by atoms with Crippen LogP contribution in [0, 0.1) is 17.8 Å². The standard InChI is InChI=1S/C21H26N4OS.2ClH/c22-19-15-7-6-14(10-15)18(19)20(26)24-21-23-16-8-9-25(12-17(16)27-21)11-13-4-2-1-3-5-13;;/h1-5,14-15,18-19H,6-12,22H2,(H,23,24,26);2*1H. The molecule has 2 fully saturated rings. The number of halogens is 2. The zero-order valence-corrected chi connectivity index (χ0v) is 18.7. The SMILES string of the molecule is Cl.Cl.NC1C2CCC(C2)C1C(=O)Nc1nc2c(s1)CN(Cc1ccccc1)CC2. The third-order valence-corrected chi connectivity index (χ3v) is 7.57. The summed E-state index contributed by atoms with van der Waals surface area (Å²) >= 11 is 1.63. The first kappa shape index (κ1) is 22.5. The van der Waals surface area contributed by atoms with Gasteiger partial charge in [-0.2, -0.15) is 0 Å². The summed E-state index contributed by atoms with van der Waals surface area (Å²) in [7, 11) is 0. The molecular formula is C21H28Cl2N4OS. The van der Waals surface area contributed by atoms with Gasteiger partial charge >= 0.3 is 0 Å². The van der Waals surface area contributed by atoms with E-state index in [0.717, 1.165) is 49.7 Å². The maximum Gasteiger partial charge on any atom is 0.231 e. The normalized spacial score (nSPS) is 27.6. The van der Waals surface area contributed by atoms with Gasteiger partial charge in [0.25, 0.3) is 0 Å². The molecule has 1 aromatic heterocycles. The van der Waals surface area contributed by atoms with E-state index < -0.39 is 0 Å².